The monoisotopic (exact) mass is 322 g/mol. The average Bonchev–Trinajstić information content (AvgIpc) is 2.52. The summed E-state index contributed by atoms with van der Waals surface area (Å²) in [5.41, 5.74) is 0. The second-order valence-electron chi connectivity index (χ2n) is 6.10. The maximum atomic E-state index is 10.3. The summed E-state index contributed by atoms with van der Waals surface area (Å²) in [6.45, 7) is 1.27. The third-order valence-corrected chi connectivity index (χ3v) is 4.61. The lowest BCUT2D eigenvalue weighted by molar-refractivity contribution is -0.253. The molecule has 0 spiro atoms. The Morgan fingerprint density at radius 3 is 2.23 bits per heavy atom. The number of hydrogen-bond acceptors (Lipinski definition) is 8. The van der Waals surface area contributed by atoms with Crippen molar-refractivity contribution in [3.8, 4) is 0 Å². The smallest absolute Gasteiger partial charge is 0.158 e. The van der Waals surface area contributed by atoms with E-state index in [2.05, 4.69) is 0 Å². The van der Waals surface area contributed by atoms with Gasteiger partial charge in [-0.3, -0.25) is 0 Å². The van der Waals surface area contributed by atoms with Crippen molar-refractivity contribution in [1.82, 2.24) is 0 Å². The van der Waals surface area contributed by atoms with E-state index in [1.807, 2.05) is 0 Å². The predicted octanol–water partition coefficient (Wildman–Crippen LogP) is -2.02. The Kier molecular flexibility index (Phi) is 6.14. The van der Waals surface area contributed by atoms with Gasteiger partial charge in [0.1, 0.15) is 24.4 Å². The quantitative estimate of drug-likeness (QED) is 0.401. The molecular weight excluding hydrogens is 296 g/mol. The van der Waals surface area contributed by atoms with Gasteiger partial charge in [-0.15, -0.1) is 0 Å². The molecule has 0 aromatic heterocycles. The van der Waals surface area contributed by atoms with E-state index in [1.54, 1.807) is 6.92 Å². The molecule has 5 N–H and O–H groups in total. The van der Waals surface area contributed by atoms with Crippen LogP contribution in [0, 0.1) is 5.92 Å². The number of aliphatic hydroxyl groups excluding tert-OH is 5. The van der Waals surface area contributed by atoms with Crippen molar-refractivity contribution in [3.05, 3.63) is 0 Å². The first kappa shape index (κ1) is 18.0. The van der Waals surface area contributed by atoms with Crippen LogP contribution in [0.15, 0.2) is 0 Å². The van der Waals surface area contributed by atoms with Crippen molar-refractivity contribution in [3.63, 3.8) is 0 Å². The van der Waals surface area contributed by atoms with Gasteiger partial charge in [0.05, 0.1) is 24.9 Å². The Hall–Kier alpha value is -0.320. The molecule has 0 aliphatic carbocycles. The van der Waals surface area contributed by atoms with Gasteiger partial charge in [-0.1, -0.05) is 0 Å². The minimum Gasteiger partial charge on any atom is -0.394 e. The normalized spacial score (nSPS) is 50.0. The summed E-state index contributed by atoms with van der Waals surface area (Å²) in [5.74, 6) is -0.329. The first-order valence-electron chi connectivity index (χ1n) is 7.55. The lowest BCUT2D eigenvalue weighted by Gasteiger charge is -2.43. The third kappa shape index (κ3) is 3.60. The molecule has 0 amide bonds. The largest absolute Gasteiger partial charge is 0.394 e. The molecule has 2 saturated heterocycles. The summed E-state index contributed by atoms with van der Waals surface area (Å²) in [4.78, 5) is 0. The van der Waals surface area contributed by atoms with Crippen LogP contribution in [0.4, 0.5) is 0 Å². The van der Waals surface area contributed by atoms with E-state index in [1.165, 1.54) is 7.11 Å². The molecule has 8 nitrogen and oxygen atoms in total. The summed E-state index contributed by atoms with van der Waals surface area (Å²) in [6.07, 6.45) is -6.63. The highest BCUT2D eigenvalue weighted by atomic mass is 16.7. The molecule has 0 aromatic rings. The van der Waals surface area contributed by atoms with E-state index in [0.29, 0.717) is 6.42 Å². The van der Waals surface area contributed by atoms with E-state index in [9.17, 15) is 25.5 Å². The fourth-order valence-corrected chi connectivity index (χ4v) is 3.19. The van der Waals surface area contributed by atoms with Crippen LogP contribution in [0.3, 0.4) is 0 Å². The zero-order valence-corrected chi connectivity index (χ0v) is 12.8. The lowest BCUT2D eigenvalue weighted by Crippen LogP contribution is -2.58. The van der Waals surface area contributed by atoms with Crippen LogP contribution in [-0.4, -0.2) is 88.3 Å². The fraction of sp³-hybridized carbons (Fsp3) is 1.00. The van der Waals surface area contributed by atoms with Gasteiger partial charge in [-0.05, 0) is 19.3 Å². The summed E-state index contributed by atoms with van der Waals surface area (Å²) in [5, 5.41) is 49.1. The maximum Gasteiger partial charge on any atom is 0.158 e. The number of hydrogen-bond donors (Lipinski definition) is 5. The zero-order valence-electron chi connectivity index (χ0n) is 12.8. The van der Waals surface area contributed by atoms with E-state index in [0.717, 1.165) is 0 Å². The van der Waals surface area contributed by atoms with Crippen LogP contribution < -0.4 is 0 Å². The van der Waals surface area contributed by atoms with Gasteiger partial charge in [0.2, 0.25) is 0 Å². The van der Waals surface area contributed by atoms with E-state index >= 15 is 0 Å². The molecule has 2 heterocycles. The van der Waals surface area contributed by atoms with Crippen LogP contribution in [0.1, 0.15) is 19.8 Å². The van der Waals surface area contributed by atoms with Crippen LogP contribution in [0.25, 0.3) is 0 Å². The number of rotatable bonds is 4. The van der Waals surface area contributed by atoms with Crippen LogP contribution in [0.5, 0.6) is 0 Å². The standard InChI is InChI=1S/C14H26O8/c1-6-11(16)14(19)13(18)8(21-6)3-7-4-10(20-2)22-9(5-15)12(7)17/h6-19H,3-5H2,1-2H3/t6-,7+,8-,9+,10-,11+,12-,13+,14+/m0/s1. The molecule has 2 aliphatic heterocycles. The minimum absolute atomic E-state index is 0.260. The lowest BCUT2D eigenvalue weighted by atomic mass is 9.83. The van der Waals surface area contributed by atoms with Crippen molar-refractivity contribution < 1.29 is 39.7 Å². The number of ether oxygens (including phenoxy) is 3. The Bertz CT molecular complexity index is 354. The summed E-state index contributed by atoms with van der Waals surface area (Å²) < 4.78 is 16.1. The Balaban J connectivity index is 2.04. The van der Waals surface area contributed by atoms with Crippen LogP contribution in [0.2, 0.25) is 0 Å². The highest BCUT2D eigenvalue weighted by Gasteiger charge is 2.45. The van der Waals surface area contributed by atoms with Gasteiger partial charge in [0, 0.05) is 13.5 Å². The molecule has 8 heteroatoms. The Labute approximate surface area is 129 Å². The van der Waals surface area contributed by atoms with Crippen molar-refractivity contribution >= 4 is 0 Å². The van der Waals surface area contributed by atoms with Gasteiger partial charge < -0.3 is 39.7 Å². The summed E-state index contributed by atoms with van der Waals surface area (Å²) in [7, 11) is 1.47. The third-order valence-electron chi connectivity index (χ3n) is 4.61. The molecule has 2 aliphatic rings. The van der Waals surface area contributed by atoms with E-state index in [-0.39, 0.29) is 18.9 Å². The zero-order chi connectivity index (χ0) is 16.4. The second-order valence-corrected chi connectivity index (χ2v) is 6.10. The van der Waals surface area contributed by atoms with Crippen molar-refractivity contribution in [1.29, 1.82) is 0 Å². The molecule has 0 saturated carbocycles. The van der Waals surface area contributed by atoms with Crippen LogP contribution >= 0.6 is 0 Å². The van der Waals surface area contributed by atoms with Gasteiger partial charge in [-0.25, -0.2) is 0 Å². The van der Waals surface area contributed by atoms with Gasteiger partial charge in [0.15, 0.2) is 6.29 Å². The molecule has 0 bridgehead atoms. The molecule has 130 valence electrons. The van der Waals surface area contributed by atoms with Crippen molar-refractivity contribution in [2.24, 2.45) is 5.92 Å². The Morgan fingerprint density at radius 1 is 0.955 bits per heavy atom. The molecule has 2 fully saturated rings. The van der Waals surface area contributed by atoms with E-state index in [4.69, 9.17) is 14.2 Å². The minimum atomic E-state index is -1.29. The molecule has 22 heavy (non-hydrogen) atoms. The second kappa shape index (κ2) is 7.50. The molecule has 0 radical (unpaired) electrons. The first-order valence-corrected chi connectivity index (χ1v) is 7.55. The first-order chi connectivity index (χ1) is 10.4. The number of methoxy groups -OCH3 is 1. The van der Waals surface area contributed by atoms with Crippen molar-refractivity contribution in [2.75, 3.05) is 13.7 Å². The summed E-state index contributed by atoms with van der Waals surface area (Å²) >= 11 is 0. The van der Waals surface area contributed by atoms with Gasteiger partial charge >= 0.3 is 0 Å². The molecule has 0 unspecified atom stereocenters. The van der Waals surface area contributed by atoms with Gasteiger partial charge in [0.25, 0.3) is 0 Å². The summed E-state index contributed by atoms with van der Waals surface area (Å²) in [6, 6.07) is 0. The SMILES string of the molecule is CO[C@@H]1C[C@@H](C[C@@H]2O[C@@H](C)[C@@H](O)[C@@H](O)[C@@H]2O)[C@H](O)[C@@H](CO)O1. The molecule has 9 atom stereocenters. The molecular formula is C14H26O8. The van der Waals surface area contributed by atoms with Crippen LogP contribution in [-0.2, 0) is 14.2 Å². The topological polar surface area (TPSA) is 129 Å². The number of aliphatic hydroxyl groups is 5. The maximum absolute atomic E-state index is 10.3. The predicted molar refractivity (Wildman–Crippen MR) is 73.8 cm³/mol. The Morgan fingerprint density at radius 2 is 1.64 bits per heavy atom. The highest BCUT2D eigenvalue weighted by molar-refractivity contribution is 4.93. The highest BCUT2D eigenvalue weighted by Crippen LogP contribution is 2.33. The molecule has 0 aromatic carbocycles. The van der Waals surface area contributed by atoms with Gasteiger partial charge in [-0.2, -0.15) is 0 Å². The molecule has 2 rings (SSSR count). The fourth-order valence-electron chi connectivity index (χ4n) is 3.19. The average molecular weight is 322 g/mol. The van der Waals surface area contributed by atoms with E-state index < -0.39 is 49.0 Å². The van der Waals surface area contributed by atoms with Crippen molar-refractivity contribution in [2.45, 2.75) is 68.8 Å².